The van der Waals surface area contributed by atoms with Gasteiger partial charge in [0.25, 0.3) is 0 Å². The van der Waals surface area contributed by atoms with Crippen LogP contribution in [0.15, 0.2) is 0 Å². The number of aliphatic carboxylic acids is 1. The fourth-order valence-corrected chi connectivity index (χ4v) is 3.44. The molecule has 1 N–H and O–H groups in total. The van der Waals surface area contributed by atoms with Crippen molar-refractivity contribution >= 4 is 16.0 Å². The second-order valence-electron chi connectivity index (χ2n) is 5.15. The number of halogens is 3. The summed E-state index contributed by atoms with van der Waals surface area (Å²) >= 11 is 0. The second kappa shape index (κ2) is 6.49. The van der Waals surface area contributed by atoms with Crippen molar-refractivity contribution in [3.63, 3.8) is 0 Å². The molecule has 0 unspecified atom stereocenters. The Morgan fingerprint density at radius 3 is 2.33 bits per heavy atom. The normalized spacial score (nSPS) is 24.7. The Balaban J connectivity index is 2.79. The predicted molar refractivity (Wildman–Crippen MR) is 67.1 cm³/mol. The highest BCUT2D eigenvalue weighted by atomic mass is 32.2. The molecule has 0 spiro atoms. The van der Waals surface area contributed by atoms with Crippen molar-refractivity contribution in [2.24, 2.45) is 11.8 Å². The average Bonchev–Trinajstić information content (AvgIpc) is 2.72. The molecule has 124 valence electrons. The monoisotopic (exact) mass is 333 g/mol. The maximum absolute atomic E-state index is 12.8. The van der Waals surface area contributed by atoms with Gasteiger partial charge in [-0.3, -0.25) is 4.79 Å². The van der Waals surface area contributed by atoms with E-state index in [1.54, 1.807) is 13.8 Å². The maximum atomic E-state index is 12.8. The molecule has 1 fully saturated rings. The van der Waals surface area contributed by atoms with E-state index in [0.717, 1.165) is 0 Å². The Bertz CT molecular complexity index is 477. The number of alkyl halides is 3. The summed E-state index contributed by atoms with van der Waals surface area (Å²) in [6.07, 6.45) is -4.95. The van der Waals surface area contributed by atoms with Gasteiger partial charge in [0, 0.05) is 13.1 Å². The van der Waals surface area contributed by atoms with E-state index in [4.69, 9.17) is 9.84 Å². The summed E-state index contributed by atoms with van der Waals surface area (Å²) in [6, 6.07) is 0. The molecule has 1 rings (SSSR count). The van der Waals surface area contributed by atoms with Gasteiger partial charge in [0.1, 0.15) is 0 Å². The lowest BCUT2D eigenvalue weighted by Crippen LogP contribution is -2.35. The standard InChI is InChI=1S/C11H18F3NO5S/c1-7(2)20-3-4-21(18,19)15-5-8(10(16)17)9(6-15)11(12,13)14/h7-9H,3-6H2,1-2H3,(H,16,17)/t8-,9-/m1/s1. The summed E-state index contributed by atoms with van der Waals surface area (Å²) in [4.78, 5) is 10.9. The Morgan fingerprint density at radius 2 is 1.95 bits per heavy atom. The molecule has 0 aliphatic carbocycles. The molecule has 21 heavy (non-hydrogen) atoms. The minimum Gasteiger partial charge on any atom is -0.481 e. The van der Waals surface area contributed by atoms with Gasteiger partial charge in [-0.25, -0.2) is 12.7 Å². The molecular formula is C11H18F3NO5S. The number of carbonyl (C=O) groups is 1. The first kappa shape index (κ1) is 18.2. The van der Waals surface area contributed by atoms with Crippen LogP contribution in [0.4, 0.5) is 13.2 Å². The molecule has 0 amide bonds. The number of ether oxygens (including phenoxy) is 1. The van der Waals surface area contributed by atoms with Crippen LogP contribution in [0, 0.1) is 11.8 Å². The van der Waals surface area contributed by atoms with Crippen molar-refractivity contribution in [3.8, 4) is 0 Å². The molecule has 10 heteroatoms. The van der Waals surface area contributed by atoms with Gasteiger partial charge in [0.15, 0.2) is 0 Å². The minimum atomic E-state index is -4.75. The molecule has 1 saturated heterocycles. The molecule has 0 aromatic rings. The van der Waals surface area contributed by atoms with Crippen LogP contribution >= 0.6 is 0 Å². The van der Waals surface area contributed by atoms with Gasteiger partial charge >= 0.3 is 12.1 Å². The molecular weight excluding hydrogens is 315 g/mol. The molecule has 0 saturated carbocycles. The number of carboxylic acid groups (broad SMARTS) is 1. The average molecular weight is 333 g/mol. The second-order valence-corrected chi connectivity index (χ2v) is 7.23. The number of sulfonamides is 1. The van der Waals surface area contributed by atoms with Crippen LogP contribution in [0.5, 0.6) is 0 Å². The van der Waals surface area contributed by atoms with Crippen LogP contribution < -0.4 is 0 Å². The van der Waals surface area contributed by atoms with Crippen molar-refractivity contribution in [2.45, 2.75) is 26.1 Å². The maximum Gasteiger partial charge on any atom is 0.393 e. The van der Waals surface area contributed by atoms with E-state index < -0.39 is 52.8 Å². The van der Waals surface area contributed by atoms with E-state index in [2.05, 4.69) is 0 Å². The van der Waals surface area contributed by atoms with Crippen LogP contribution in [0.1, 0.15) is 13.8 Å². The van der Waals surface area contributed by atoms with Crippen molar-refractivity contribution < 1.29 is 36.2 Å². The quantitative estimate of drug-likeness (QED) is 0.782. The van der Waals surface area contributed by atoms with Crippen molar-refractivity contribution in [1.29, 1.82) is 0 Å². The molecule has 1 aliphatic rings. The summed E-state index contributed by atoms with van der Waals surface area (Å²) < 4.78 is 67.9. The van der Waals surface area contributed by atoms with Crippen molar-refractivity contribution in [1.82, 2.24) is 4.31 Å². The molecule has 0 bridgehead atoms. The summed E-state index contributed by atoms with van der Waals surface area (Å²) in [5, 5.41) is 8.83. The van der Waals surface area contributed by atoms with Crippen molar-refractivity contribution in [3.05, 3.63) is 0 Å². The molecule has 0 radical (unpaired) electrons. The van der Waals surface area contributed by atoms with E-state index in [0.29, 0.717) is 4.31 Å². The van der Waals surface area contributed by atoms with E-state index in [1.165, 1.54) is 0 Å². The number of carboxylic acids is 1. The smallest absolute Gasteiger partial charge is 0.393 e. The summed E-state index contributed by atoms with van der Waals surface area (Å²) in [7, 11) is -3.97. The lowest BCUT2D eigenvalue weighted by molar-refractivity contribution is -0.187. The fourth-order valence-electron chi connectivity index (χ4n) is 2.09. The molecule has 6 nitrogen and oxygen atoms in total. The molecule has 0 aromatic heterocycles. The largest absolute Gasteiger partial charge is 0.481 e. The Morgan fingerprint density at radius 1 is 1.38 bits per heavy atom. The van der Waals surface area contributed by atoms with Crippen LogP contribution in [0.3, 0.4) is 0 Å². The van der Waals surface area contributed by atoms with Gasteiger partial charge in [-0.05, 0) is 13.8 Å². The first-order valence-corrected chi connectivity index (χ1v) is 7.95. The highest BCUT2D eigenvalue weighted by Gasteiger charge is 2.54. The Hall–Kier alpha value is -0.870. The fraction of sp³-hybridized carbons (Fsp3) is 0.909. The predicted octanol–water partition coefficient (Wildman–Crippen LogP) is 0.936. The number of rotatable bonds is 6. The van der Waals surface area contributed by atoms with Crippen LogP contribution in [0.25, 0.3) is 0 Å². The molecule has 0 aromatic carbocycles. The number of hydrogen-bond donors (Lipinski definition) is 1. The third-order valence-corrected chi connectivity index (χ3v) is 4.98. The molecule has 1 heterocycles. The first-order valence-electron chi connectivity index (χ1n) is 6.34. The van der Waals surface area contributed by atoms with E-state index in [1.807, 2.05) is 0 Å². The van der Waals surface area contributed by atoms with Gasteiger partial charge in [-0.2, -0.15) is 13.2 Å². The van der Waals surface area contributed by atoms with E-state index in [-0.39, 0.29) is 12.7 Å². The van der Waals surface area contributed by atoms with Gasteiger partial charge < -0.3 is 9.84 Å². The van der Waals surface area contributed by atoms with E-state index >= 15 is 0 Å². The van der Waals surface area contributed by atoms with Crippen LogP contribution in [0.2, 0.25) is 0 Å². The molecule has 2 atom stereocenters. The lowest BCUT2D eigenvalue weighted by atomic mass is 9.96. The van der Waals surface area contributed by atoms with Gasteiger partial charge in [0.2, 0.25) is 10.0 Å². The molecule has 1 aliphatic heterocycles. The number of hydrogen-bond acceptors (Lipinski definition) is 4. The van der Waals surface area contributed by atoms with E-state index in [9.17, 15) is 26.4 Å². The third-order valence-electron chi connectivity index (χ3n) is 3.21. The van der Waals surface area contributed by atoms with Gasteiger partial charge in [0.05, 0.1) is 30.3 Å². The van der Waals surface area contributed by atoms with Crippen LogP contribution in [-0.4, -0.2) is 61.5 Å². The SMILES string of the molecule is CC(C)OCCS(=O)(=O)N1C[C@@H](C(F)(F)F)[C@H](C(=O)O)C1. The highest BCUT2D eigenvalue weighted by molar-refractivity contribution is 7.89. The summed E-state index contributed by atoms with van der Waals surface area (Å²) in [5.41, 5.74) is 0. The first-order chi connectivity index (χ1) is 9.45. The zero-order chi connectivity index (χ0) is 16.4. The summed E-state index contributed by atoms with van der Waals surface area (Å²) in [6.45, 7) is 1.73. The Kier molecular flexibility index (Phi) is 5.62. The van der Waals surface area contributed by atoms with Crippen molar-refractivity contribution in [2.75, 3.05) is 25.4 Å². The zero-order valence-corrected chi connectivity index (χ0v) is 12.4. The zero-order valence-electron chi connectivity index (χ0n) is 11.6. The highest BCUT2D eigenvalue weighted by Crippen LogP contribution is 2.38. The summed E-state index contributed by atoms with van der Waals surface area (Å²) in [5.74, 6) is -6.07. The topological polar surface area (TPSA) is 83.9 Å². The van der Waals surface area contributed by atoms with Crippen LogP contribution in [-0.2, 0) is 19.6 Å². The van der Waals surface area contributed by atoms with Gasteiger partial charge in [-0.15, -0.1) is 0 Å². The lowest BCUT2D eigenvalue weighted by Gasteiger charge is -2.18. The minimum absolute atomic E-state index is 0.148. The van der Waals surface area contributed by atoms with Gasteiger partial charge in [-0.1, -0.05) is 0 Å². The third kappa shape index (κ3) is 4.82. The number of nitrogens with zero attached hydrogens (tertiary/aromatic N) is 1. The Labute approximate surface area is 120 Å².